The van der Waals surface area contributed by atoms with E-state index in [1.165, 1.54) is 5.56 Å². The first-order valence-electron chi connectivity index (χ1n) is 11.8. The fourth-order valence-corrected chi connectivity index (χ4v) is 5.00. The maximum absolute atomic E-state index is 12.7. The minimum Gasteiger partial charge on any atom is -0.494 e. The summed E-state index contributed by atoms with van der Waals surface area (Å²) in [6, 6.07) is 8.33. The summed E-state index contributed by atoms with van der Waals surface area (Å²) >= 11 is 0. The summed E-state index contributed by atoms with van der Waals surface area (Å²) in [6.07, 6.45) is 2.64. The lowest BCUT2D eigenvalue weighted by Crippen LogP contribution is -2.62. The molecule has 0 saturated carbocycles. The van der Waals surface area contributed by atoms with Gasteiger partial charge in [-0.05, 0) is 32.3 Å². The minimum atomic E-state index is -0.0733. The highest BCUT2D eigenvalue weighted by Gasteiger charge is 2.42. The number of carbonyl (C=O) groups excluding carboxylic acids is 1. The third-order valence-corrected chi connectivity index (χ3v) is 6.98. The van der Waals surface area contributed by atoms with E-state index >= 15 is 0 Å². The summed E-state index contributed by atoms with van der Waals surface area (Å²) in [6.45, 7) is 11.2. The van der Waals surface area contributed by atoms with Gasteiger partial charge in [-0.15, -0.1) is 0 Å². The van der Waals surface area contributed by atoms with Gasteiger partial charge in [0, 0.05) is 70.6 Å². The van der Waals surface area contributed by atoms with Gasteiger partial charge in [0.25, 0.3) is 0 Å². The zero-order chi connectivity index (χ0) is 21.5. The van der Waals surface area contributed by atoms with Gasteiger partial charge in [0.15, 0.2) is 0 Å². The van der Waals surface area contributed by atoms with Gasteiger partial charge in [0.1, 0.15) is 5.75 Å². The molecule has 3 saturated heterocycles. The summed E-state index contributed by atoms with van der Waals surface area (Å²) in [7, 11) is 0. The summed E-state index contributed by atoms with van der Waals surface area (Å²) in [5.74, 6) is 1.26. The van der Waals surface area contributed by atoms with Crippen LogP contribution in [0.15, 0.2) is 24.3 Å². The van der Waals surface area contributed by atoms with Crippen molar-refractivity contribution in [1.82, 2.24) is 15.1 Å². The molecule has 7 nitrogen and oxygen atoms in total. The van der Waals surface area contributed by atoms with Crippen LogP contribution in [0.3, 0.4) is 0 Å². The second-order valence-corrected chi connectivity index (χ2v) is 8.94. The monoisotopic (exact) mass is 431 g/mol. The van der Waals surface area contributed by atoms with Gasteiger partial charge >= 0.3 is 0 Å². The van der Waals surface area contributed by atoms with Gasteiger partial charge in [-0.2, -0.15) is 0 Å². The number of ether oxygens (including phenoxy) is 3. The molecule has 3 fully saturated rings. The number of carbonyl (C=O) groups is 1. The zero-order valence-corrected chi connectivity index (χ0v) is 18.8. The van der Waals surface area contributed by atoms with Crippen LogP contribution in [0.25, 0.3) is 0 Å². The Morgan fingerprint density at radius 1 is 1.13 bits per heavy atom. The molecule has 1 aromatic rings. The number of hydrogen-bond donors (Lipinski definition) is 1. The SMILES string of the molecule is CCOc1ccccc1CN1CCN(C2(CNC(=O)C3CCOCC3)CCOC2)CC1. The number of para-hydroxylation sites is 1. The van der Waals surface area contributed by atoms with Crippen molar-refractivity contribution in [2.75, 3.05) is 65.8 Å². The highest BCUT2D eigenvalue weighted by molar-refractivity contribution is 5.78. The van der Waals surface area contributed by atoms with Gasteiger partial charge in [-0.3, -0.25) is 14.6 Å². The molecule has 7 heteroatoms. The van der Waals surface area contributed by atoms with Crippen LogP contribution >= 0.6 is 0 Å². The number of nitrogens with zero attached hydrogens (tertiary/aromatic N) is 2. The molecule has 1 amide bonds. The normalized spacial score (nSPS) is 26.1. The lowest BCUT2D eigenvalue weighted by molar-refractivity contribution is -0.128. The van der Waals surface area contributed by atoms with Crippen molar-refractivity contribution >= 4 is 5.91 Å². The average Bonchev–Trinajstić information content (AvgIpc) is 3.30. The molecule has 172 valence electrons. The van der Waals surface area contributed by atoms with Crippen molar-refractivity contribution in [3.05, 3.63) is 29.8 Å². The van der Waals surface area contributed by atoms with Gasteiger partial charge in [0.05, 0.1) is 18.8 Å². The topological polar surface area (TPSA) is 63.3 Å². The third kappa shape index (κ3) is 5.58. The third-order valence-electron chi connectivity index (χ3n) is 6.98. The van der Waals surface area contributed by atoms with Crippen LogP contribution in [0.2, 0.25) is 0 Å². The second kappa shape index (κ2) is 10.8. The van der Waals surface area contributed by atoms with Gasteiger partial charge in [-0.1, -0.05) is 18.2 Å². The highest BCUT2D eigenvalue weighted by atomic mass is 16.5. The van der Waals surface area contributed by atoms with Crippen LogP contribution in [0.1, 0.15) is 31.7 Å². The lowest BCUT2D eigenvalue weighted by atomic mass is 9.93. The lowest BCUT2D eigenvalue weighted by Gasteiger charge is -2.45. The average molecular weight is 432 g/mol. The highest BCUT2D eigenvalue weighted by Crippen LogP contribution is 2.28. The molecule has 1 atom stereocenters. The van der Waals surface area contributed by atoms with Crippen LogP contribution in [-0.4, -0.2) is 87.0 Å². The molecule has 0 bridgehead atoms. The molecular weight excluding hydrogens is 394 g/mol. The van der Waals surface area contributed by atoms with Crippen molar-refractivity contribution in [3.63, 3.8) is 0 Å². The van der Waals surface area contributed by atoms with E-state index in [0.29, 0.717) is 33.0 Å². The Morgan fingerprint density at radius 3 is 2.61 bits per heavy atom. The molecule has 0 aliphatic carbocycles. The van der Waals surface area contributed by atoms with Crippen molar-refractivity contribution < 1.29 is 19.0 Å². The van der Waals surface area contributed by atoms with E-state index in [0.717, 1.165) is 64.3 Å². The molecular formula is C24H37N3O4. The molecule has 3 heterocycles. The maximum Gasteiger partial charge on any atom is 0.223 e. The van der Waals surface area contributed by atoms with Gasteiger partial charge in [0.2, 0.25) is 5.91 Å². The van der Waals surface area contributed by atoms with E-state index in [1.54, 1.807) is 0 Å². The number of amides is 1. The summed E-state index contributed by atoms with van der Waals surface area (Å²) in [5, 5.41) is 3.26. The standard InChI is InChI=1S/C24H37N3O4/c1-2-31-22-6-4-3-5-21(22)17-26-10-12-27(13-11-26)24(9-16-30-19-24)18-25-23(28)20-7-14-29-15-8-20/h3-6,20H,2,7-19H2,1H3,(H,25,28). The van der Waals surface area contributed by atoms with Crippen molar-refractivity contribution in [2.45, 2.75) is 38.3 Å². The van der Waals surface area contributed by atoms with Gasteiger partial charge in [-0.25, -0.2) is 0 Å². The molecule has 1 N–H and O–H groups in total. The molecule has 31 heavy (non-hydrogen) atoms. The van der Waals surface area contributed by atoms with Crippen LogP contribution in [0.5, 0.6) is 5.75 Å². The predicted octanol–water partition coefficient (Wildman–Crippen LogP) is 1.90. The van der Waals surface area contributed by atoms with Crippen LogP contribution in [-0.2, 0) is 20.8 Å². The molecule has 0 aromatic heterocycles. The van der Waals surface area contributed by atoms with Crippen LogP contribution in [0.4, 0.5) is 0 Å². The summed E-state index contributed by atoms with van der Waals surface area (Å²) in [5.41, 5.74) is 1.18. The Balaban J connectivity index is 1.31. The quantitative estimate of drug-likeness (QED) is 0.678. The Morgan fingerprint density at radius 2 is 1.90 bits per heavy atom. The Kier molecular flexibility index (Phi) is 7.82. The van der Waals surface area contributed by atoms with Crippen molar-refractivity contribution in [2.24, 2.45) is 5.92 Å². The fourth-order valence-electron chi connectivity index (χ4n) is 5.00. The Hall–Kier alpha value is -1.67. The number of nitrogens with one attached hydrogen (secondary N) is 1. The van der Waals surface area contributed by atoms with E-state index in [-0.39, 0.29) is 17.4 Å². The number of benzene rings is 1. The Bertz CT molecular complexity index is 709. The first-order valence-corrected chi connectivity index (χ1v) is 11.8. The molecule has 1 aromatic carbocycles. The minimum absolute atomic E-state index is 0.0733. The number of piperazine rings is 1. The largest absolute Gasteiger partial charge is 0.494 e. The van der Waals surface area contributed by atoms with E-state index in [9.17, 15) is 4.79 Å². The molecule has 4 rings (SSSR count). The Labute approximate surface area is 186 Å². The predicted molar refractivity (Wildman–Crippen MR) is 119 cm³/mol. The number of hydrogen-bond acceptors (Lipinski definition) is 6. The van der Waals surface area contributed by atoms with Gasteiger partial charge < -0.3 is 19.5 Å². The second-order valence-electron chi connectivity index (χ2n) is 8.94. The first kappa shape index (κ1) is 22.5. The van der Waals surface area contributed by atoms with E-state index < -0.39 is 0 Å². The fraction of sp³-hybridized carbons (Fsp3) is 0.708. The molecule has 1 unspecified atom stereocenters. The smallest absolute Gasteiger partial charge is 0.223 e. The zero-order valence-electron chi connectivity index (χ0n) is 18.8. The first-order chi connectivity index (χ1) is 15.2. The van der Waals surface area contributed by atoms with E-state index in [2.05, 4.69) is 33.3 Å². The summed E-state index contributed by atoms with van der Waals surface area (Å²) < 4.78 is 17.0. The maximum atomic E-state index is 12.7. The number of rotatable bonds is 8. The van der Waals surface area contributed by atoms with Crippen molar-refractivity contribution in [1.29, 1.82) is 0 Å². The molecule has 3 aliphatic heterocycles. The van der Waals surface area contributed by atoms with E-state index in [4.69, 9.17) is 14.2 Å². The van der Waals surface area contributed by atoms with E-state index in [1.807, 2.05) is 13.0 Å². The molecule has 0 spiro atoms. The van der Waals surface area contributed by atoms with Crippen LogP contribution < -0.4 is 10.1 Å². The molecule has 3 aliphatic rings. The summed E-state index contributed by atoms with van der Waals surface area (Å²) in [4.78, 5) is 17.7. The van der Waals surface area contributed by atoms with Crippen LogP contribution in [0, 0.1) is 5.92 Å². The van der Waals surface area contributed by atoms with Crippen molar-refractivity contribution in [3.8, 4) is 5.75 Å². The molecule has 0 radical (unpaired) electrons.